The van der Waals surface area contributed by atoms with Crippen molar-refractivity contribution in [2.45, 2.75) is 59.0 Å². The highest BCUT2D eigenvalue weighted by molar-refractivity contribution is 5.88. The molecule has 0 radical (unpaired) electrons. The fourth-order valence-corrected chi connectivity index (χ4v) is 3.21. The van der Waals surface area contributed by atoms with Gasteiger partial charge in [0.1, 0.15) is 5.75 Å². The van der Waals surface area contributed by atoms with Gasteiger partial charge in [0.25, 0.3) is 0 Å². The van der Waals surface area contributed by atoms with Crippen molar-refractivity contribution in [3.05, 3.63) is 17.8 Å². The zero-order valence-electron chi connectivity index (χ0n) is 17.1. The highest BCUT2D eigenvalue weighted by Gasteiger charge is 2.20. The third kappa shape index (κ3) is 4.99. The highest BCUT2D eigenvalue weighted by atomic mass is 16.5. The Bertz CT molecular complexity index is 812. The summed E-state index contributed by atoms with van der Waals surface area (Å²) in [4.78, 5) is 16.7. The van der Waals surface area contributed by atoms with Gasteiger partial charge in [0.05, 0.1) is 24.1 Å². The molecule has 0 unspecified atom stereocenters. The van der Waals surface area contributed by atoms with Crippen molar-refractivity contribution in [3.63, 3.8) is 0 Å². The summed E-state index contributed by atoms with van der Waals surface area (Å²) in [5.41, 5.74) is 1.92. The molecule has 0 saturated heterocycles. The standard InChI is InChI=1S/C20H29N5O3/c1-13(2)12-27-20(26)22-19-18(23-24-25(19)4)16-10-11-17(14(3)21-16)28-15-8-6-5-7-9-15/h10-11,13,15H,5-9,12H2,1-4H3,(H,22,26). The van der Waals surface area contributed by atoms with E-state index in [1.54, 1.807) is 7.05 Å². The average molecular weight is 387 g/mol. The number of aromatic nitrogens is 4. The lowest BCUT2D eigenvalue weighted by molar-refractivity contribution is 0.147. The molecule has 2 heterocycles. The first-order chi connectivity index (χ1) is 13.4. The van der Waals surface area contributed by atoms with Gasteiger partial charge in [-0.25, -0.2) is 14.5 Å². The molecular weight excluding hydrogens is 358 g/mol. The number of carbonyl (C=O) groups excluding carboxylic acids is 1. The van der Waals surface area contributed by atoms with Gasteiger partial charge >= 0.3 is 6.09 Å². The molecule has 8 nitrogen and oxygen atoms in total. The summed E-state index contributed by atoms with van der Waals surface area (Å²) in [7, 11) is 1.71. The molecule has 2 aromatic heterocycles. The van der Waals surface area contributed by atoms with E-state index in [-0.39, 0.29) is 12.0 Å². The van der Waals surface area contributed by atoms with E-state index >= 15 is 0 Å². The Morgan fingerprint density at radius 2 is 2.04 bits per heavy atom. The second-order valence-electron chi connectivity index (χ2n) is 7.69. The molecule has 0 spiro atoms. The summed E-state index contributed by atoms with van der Waals surface area (Å²) in [6.45, 7) is 6.22. The molecule has 28 heavy (non-hydrogen) atoms. The van der Waals surface area contributed by atoms with Crippen LogP contribution < -0.4 is 10.1 Å². The van der Waals surface area contributed by atoms with Gasteiger partial charge in [-0.1, -0.05) is 25.5 Å². The predicted molar refractivity (Wildman–Crippen MR) is 106 cm³/mol. The molecule has 0 aliphatic heterocycles. The summed E-state index contributed by atoms with van der Waals surface area (Å²) in [6.07, 6.45) is 5.65. The molecular formula is C20H29N5O3. The molecule has 1 fully saturated rings. The maximum Gasteiger partial charge on any atom is 0.412 e. The van der Waals surface area contributed by atoms with Crippen LogP contribution in [0.15, 0.2) is 12.1 Å². The molecule has 3 rings (SSSR count). The van der Waals surface area contributed by atoms with Crippen LogP contribution in [-0.4, -0.2) is 38.8 Å². The van der Waals surface area contributed by atoms with Crippen molar-refractivity contribution in [1.29, 1.82) is 0 Å². The van der Waals surface area contributed by atoms with E-state index in [0.717, 1.165) is 24.3 Å². The van der Waals surface area contributed by atoms with Crippen LogP contribution >= 0.6 is 0 Å². The van der Waals surface area contributed by atoms with Gasteiger partial charge < -0.3 is 9.47 Å². The maximum absolute atomic E-state index is 12.1. The van der Waals surface area contributed by atoms with Crippen molar-refractivity contribution in [3.8, 4) is 17.1 Å². The van der Waals surface area contributed by atoms with Gasteiger partial charge in [0.2, 0.25) is 0 Å². The number of anilines is 1. The zero-order valence-corrected chi connectivity index (χ0v) is 17.1. The number of aryl methyl sites for hydroxylation is 2. The molecule has 8 heteroatoms. The Morgan fingerprint density at radius 3 is 2.71 bits per heavy atom. The van der Waals surface area contributed by atoms with Crippen LogP contribution in [0.25, 0.3) is 11.4 Å². The molecule has 1 aliphatic rings. The summed E-state index contributed by atoms with van der Waals surface area (Å²) in [5, 5.41) is 10.9. The number of hydrogen-bond donors (Lipinski definition) is 1. The van der Waals surface area contributed by atoms with Gasteiger partial charge in [0.15, 0.2) is 11.5 Å². The van der Waals surface area contributed by atoms with Gasteiger partial charge in [-0.15, -0.1) is 5.10 Å². The third-order valence-electron chi connectivity index (χ3n) is 4.72. The summed E-state index contributed by atoms with van der Waals surface area (Å²) >= 11 is 0. The molecule has 0 aromatic carbocycles. The SMILES string of the molecule is Cc1nc(-c2nnn(C)c2NC(=O)OCC(C)C)ccc1OC1CCCCC1. The van der Waals surface area contributed by atoms with Crippen LogP contribution in [0.5, 0.6) is 5.75 Å². The van der Waals surface area contributed by atoms with E-state index in [4.69, 9.17) is 9.47 Å². The van der Waals surface area contributed by atoms with Crippen LogP contribution in [-0.2, 0) is 11.8 Å². The number of nitrogens with zero attached hydrogens (tertiary/aromatic N) is 4. The van der Waals surface area contributed by atoms with Crippen LogP contribution in [0.1, 0.15) is 51.6 Å². The van der Waals surface area contributed by atoms with E-state index < -0.39 is 6.09 Å². The first kappa shape index (κ1) is 20.1. The number of nitrogens with one attached hydrogen (secondary N) is 1. The fraction of sp³-hybridized carbons (Fsp3) is 0.600. The predicted octanol–water partition coefficient (Wildman–Crippen LogP) is 4.10. The quantitative estimate of drug-likeness (QED) is 0.802. The molecule has 1 saturated carbocycles. The minimum absolute atomic E-state index is 0.260. The van der Waals surface area contributed by atoms with Gasteiger partial charge in [-0.2, -0.15) is 0 Å². The van der Waals surface area contributed by atoms with Gasteiger partial charge in [-0.05, 0) is 50.7 Å². The first-order valence-electron chi connectivity index (χ1n) is 9.92. The minimum atomic E-state index is -0.533. The number of rotatable bonds is 6. The van der Waals surface area contributed by atoms with E-state index in [2.05, 4.69) is 20.6 Å². The van der Waals surface area contributed by atoms with E-state index in [9.17, 15) is 4.79 Å². The molecule has 1 N–H and O–H groups in total. The van der Waals surface area contributed by atoms with Gasteiger partial charge in [-0.3, -0.25) is 5.32 Å². The van der Waals surface area contributed by atoms with Crippen molar-refractivity contribution in [1.82, 2.24) is 20.0 Å². The van der Waals surface area contributed by atoms with E-state index in [0.29, 0.717) is 23.8 Å². The second kappa shape index (κ2) is 9.03. The summed E-state index contributed by atoms with van der Waals surface area (Å²) < 4.78 is 12.8. The Kier molecular flexibility index (Phi) is 6.49. The number of pyridine rings is 1. The van der Waals surface area contributed by atoms with Crippen molar-refractivity contribution < 1.29 is 14.3 Å². The van der Waals surface area contributed by atoms with Crippen LogP contribution in [0, 0.1) is 12.8 Å². The number of carbonyl (C=O) groups is 1. The lowest BCUT2D eigenvalue weighted by atomic mass is 9.98. The van der Waals surface area contributed by atoms with E-state index in [1.807, 2.05) is 32.9 Å². The minimum Gasteiger partial charge on any atom is -0.489 e. The molecule has 0 atom stereocenters. The lowest BCUT2D eigenvalue weighted by Crippen LogP contribution is -2.20. The first-order valence-corrected chi connectivity index (χ1v) is 9.92. The lowest BCUT2D eigenvalue weighted by Gasteiger charge is -2.23. The van der Waals surface area contributed by atoms with Gasteiger partial charge in [0, 0.05) is 7.05 Å². The average Bonchev–Trinajstić information content (AvgIpc) is 3.03. The van der Waals surface area contributed by atoms with Crippen molar-refractivity contribution in [2.24, 2.45) is 13.0 Å². The molecule has 1 aliphatic carbocycles. The number of ether oxygens (including phenoxy) is 2. The molecule has 152 valence electrons. The Balaban J connectivity index is 1.74. The summed E-state index contributed by atoms with van der Waals surface area (Å²) in [5.74, 6) is 1.50. The summed E-state index contributed by atoms with van der Waals surface area (Å²) in [6, 6.07) is 3.77. The van der Waals surface area contributed by atoms with E-state index in [1.165, 1.54) is 23.9 Å². The highest BCUT2D eigenvalue weighted by Crippen LogP contribution is 2.29. The normalized spacial score (nSPS) is 14.9. The number of amides is 1. The molecule has 1 amide bonds. The number of hydrogen-bond acceptors (Lipinski definition) is 6. The van der Waals surface area contributed by atoms with Crippen molar-refractivity contribution >= 4 is 11.9 Å². The Hall–Kier alpha value is -2.64. The molecule has 2 aromatic rings. The second-order valence-corrected chi connectivity index (χ2v) is 7.69. The smallest absolute Gasteiger partial charge is 0.412 e. The van der Waals surface area contributed by atoms with Crippen LogP contribution in [0.4, 0.5) is 10.6 Å². The fourth-order valence-electron chi connectivity index (χ4n) is 3.21. The monoisotopic (exact) mass is 387 g/mol. The maximum atomic E-state index is 12.1. The zero-order chi connectivity index (χ0) is 20.1. The topological polar surface area (TPSA) is 91.2 Å². The Morgan fingerprint density at radius 1 is 1.29 bits per heavy atom. The van der Waals surface area contributed by atoms with Crippen LogP contribution in [0.3, 0.4) is 0 Å². The molecule has 0 bridgehead atoms. The van der Waals surface area contributed by atoms with Crippen molar-refractivity contribution in [2.75, 3.05) is 11.9 Å². The van der Waals surface area contributed by atoms with Crippen LogP contribution in [0.2, 0.25) is 0 Å². The Labute approximate surface area is 165 Å². The third-order valence-corrected chi connectivity index (χ3v) is 4.72. The largest absolute Gasteiger partial charge is 0.489 e.